The molecule has 0 aliphatic heterocycles. The predicted octanol–water partition coefficient (Wildman–Crippen LogP) is 2.27. The van der Waals surface area contributed by atoms with Gasteiger partial charge in [-0.05, 0) is 48.9 Å². The van der Waals surface area contributed by atoms with Crippen LogP contribution in [0.2, 0.25) is 0 Å². The van der Waals surface area contributed by atoms with E-state index in [-0.39, 0.29) is 17.2 Å². The molecular formula is C17H18N2O5. The van der Waals surface area contributed by atoms with E-state index < -0.39 is 5.91 Å². The molecule has 2 rings (SSSR count). The Morgan fingerprint density at radius 1 is 1.17 bits per heavy atom. The Bertz CT molecular complexity index is 759. The second-order valence-electron chi connectivity index (χ2n) is 4.75. The SMILES string of the molecule is CCOc1cc(C=NNC(=O)c2ccc(O)c(OC)c2)ccc1O. The van der Waals surface area contributed by atoms with E-state index in [0.717, 1.165) is 0 Å². The molecule has 0 aromatic heterocycles. The molecule has 0 fully saturated rings. The zero-order valence-electron chi connectivity index (χ0n) is 13.3. The second-order valence-corrected chi connectivity index (χ2v) is 4.75. The summed E-state index contributed by atoms with van der Waals surface area (Å²) in [6.45, 7) is 2.24. The average Bonchev–Trinajstić information content (AvgIpc) is 2.58. The number of methoxy groups -OCH3 is 1. The maximum atomic E-state index is 12.0. The van der Waals surface area contributed by atoms with Crippen LogP contribution >= 0.6 is 0 Å². The van der Waals surface area contributed by atoms with Gasteiger partial charge in [0.15, 0.2) is 23.0 Å². The average molecular weight is 330 g/mol. The number of hydrogen-bond acceptors (Lipinski definition) is 6. The molecule has 7 nitrogen and oxygen atoms in total. The largest absolute Gasteiger partial charge is 0.504 e. The van der Waals surface area contributed by atoms with Crippen molar-refractivity contribution in [3.8, 4) is 23.0 Å². The Morgan fingerprint density at radius 3 is 2.58 bits per heavy atom. The lowest BCUT2D eigenvalue weighted by atomic mass is 10.2. The van der Waals surface area contributed by atoms with Crippen LogP contribution in [0.3, 0.4) is 0 Å². The minimum atomic E-state index is -0.451. The Labute approximate surface area is 139 Å². The fourth-order valence-electron chi connectivity index (χ4n) is 1.93. The van der Waals surface area contributed by atoms with Crippen molar-refractivity contribution < 1.29 is 24.5 Å². The van der Waals surface area contributed by atoms with Gasteiger partial charge in [-0.15, -0.1) is 0 Å². The highest BCUT2D eigenvalue weighted by Crippen LogP contribution is 2.27. The number of carbonyl (C=O) groups is 1. The van der Waals surface area contributed by atoms with Crippen LogP contribution < -0.4 is 14.9 Å². The molecule has 3 N–H and O–H groups in total. The first-order valence-electron chi connectivity index (χ1n) is 7.21. The molecular weight excluding hydrogens is 312 g/mol. The van der Waals surface area contributed by atoms with Gasteiger partial charge >= 0.3 is 0 Å². The number of amides is 1. The van der Waals surface area contributed by atoms with Crippen molar-refractivity contribution in [2.24, 2.45) is 5.10 Å². The highest BCUT2D eigenvalue weighted by molar-refractivity contribution is 5.95. The Kier molecular flexibility index (Phi) is 5.62. The van der Waals surface area contributed by atoms with Gasteiger partial charge in [0.05, 0.1) is 19.9 Å². The molecule has 0 aliphatic carbocycles. The third-order valence-corrected chi connectivity index (χ3v) is 3.11. The minimum absolute atomic E-state index is 0.0363. The molecule has 0 saturated carbocycles. The van der Waals surface area contributed by atoms with Gasteiger partial charge in [-0.1, -0.05) is 0 Å². The van der Waals surface area contributed by atoms with Gasteiger partial charge < -0.3 is 19.7 Å². The summed E-state index contributed by atoms with van der Waals surface area (Å²) in [7, 11) is 1.40. The summed E-state index contributed by atoms with van der Waals surface area (Å²) in [5.41, 5.74) is 3.32. The summed E-state index contributed by atoms with van der Waals surface area (Å²) >= 11 is 0. The summed E-state index contributed by atoms with van der Waals surface area (Å²) < 4.78 is 10.2. The van der Waals surface area contributed by atoms with Crippen LogP contribution in [0, 0.1) is 0 Å². The number of phenolic OH excluding ortho intramolecular Hbond substituents is 2. The van der Waals surface area contributed by atoms with E-state index in [1.807, 2.05) is 6.92 Å². The molecule has 2 aromatic rings. The zero-order valence-corrected chi connectivity index (χ0v) is 13.3. The summed E-state index contributed by atoms with van der Waals surface area (Å²) in [4.78, 5) is 12.0. The van der Waals surface area contributed by atoms with E-state index in [1.54, 1.807) is 12.1 Å². The monoisotopic (exact) mass is 330 g/mol. The number of aromatic hydroxyl groups is 2. The minimum Gasteiger partial charge on any atom is -0.504 e. The number of nitrogens with one attached hydrogen (secondary N) is 1. The molecule has 0 heterocycles. The van der Waals surface area contributed by atoms with E-state index in [9.17, 15) is 15.0 Å². The van der Waals surface area contributed by atoms with Gasteiger partial charge in [0.25, 0.3) is 5.91 Å². The van der Waals surface area contributed by atoms with Crippen LogP contribution in [0.15, 0.2) is 41.5 Å². The number of phenols is 2. The van der Waals surface area contributed by atoms with E-state index in [1.165, 1.54) is 37.6 Å². The molecule has 0 aliphatic rings. The first kappa shape index (κ1) is 17.1. The van der Waals surface area contributed by atoms with Crippen molar-refractivity contribution in [1.82, 2.24) is 5.43 Å². The standard InChI is InChI=1S/C17H18N2O5/c1-3-24-16-8-11(4-6-14(16)21)10-18-19-17(22)12-5-7-13(20)15(9-12)23-2/h4-10,20-21H,3H2,1-2H3,(H,19,22). The smallest absolute Gasteiger partial charge is 0.271 e. The summed E-state index contributed by atoms with van der Waals surface area (Å²) in [6.07, 6.45) is 1.43. The predicted molar refractivity (Wildman–Crippen MR) is 89.0 cm³/mol. The molecule has 0 radical (unpaired) electrons. The van der Waals surface area contributed by atoms with Crippen LogP contribution in [-0.4, -0.2) is 36.1 Å². The maximum absolute atomic E-state index is 12.0. The lowest BCUT2D eigenvalue weighted by Gasteiger charge is -2.06. The summed E-state index contributed by atoms with van der Waals surface area (Å²) in [5, 5.41) is 23.0. The van der Waals surface area contributed by atoms with Crippen LogP contribution in [-0.2, 0) is 0 Å². The normalized spacial score (nSPS) is 10.6. The number of carbonyl (C=O) groups excluding carboxylic acids is 1. The highest BCUT2D eigenvalue weighted by Gasteiger charge is 2.09. The molecule has 0 atom stereocenters. The number of nitrogens with zero attached hydrogens (tertiary/aromatic N) is 1. The van der Waals surface area contributed by atoms with Gasteiger partial charge in [0.1, 0.15) is 0 Å². The Morgan fingerprint density at radius 2 is 1.88 bits per heavy atom. The lowest BCUT2D eigenvalue weighted by Crippen LogP contribution is -2.17. The third kappa shape index (κ3) is 4.16. The number of hydrogen-bond donors (Lipinski definition) is 3. The molecule has 24 heavy (non-hydrogen) atoms. The molecule has 2 aromatic carbocycles. The first-order valence-corrected chi connectivity index (χ1v) is 7.21. The van der Waals surface area contributed by atoms with E-state index in [0.29, 0.717) is 23.5 Å². The van der Waals surface area contributed by atoms with Crippen molar-refractivity contribution in [3.63, 3.8) is 0 Å². The molecule has 0 spiro atoms. The molecule has 7 heteroatoms. The highest BCUT2D eigenvalue weighted by atomic mass is 16.5. The van der Waals surface area contributed by atoms with Crippen molar-refractivity contribution >= 4 is 12.1 Å². The fourth-order valence-corrected chi connectivity index (χ4v) is 1.93. The maximum Gasteiger partial charge on any atom is 0.271 e. The van der Waals surface area contributed by atoms with Crippen LogP contribution in [0.5, 0.6) is 23.0 Å². The van der Waals surface area contributed by atoms with Crippen LogP contribution in [0.1, 0.15) is 22.8 Å². The van der Waals surface area contributed by atoms with Crippen LogP contribution in [0.4, 0.5) is 0 Å². The summed E-state index contributed by atoms with van der Waals surface area (Å²) in [6, 6.07) is 8.96. The Balaban J connectivity index is 2.06. The molecule has 0 saturated heterocycles. The lowest BCUT2D eigenvalue weighted by molar-refractivity contribution is 0.0954. The van der Waals surface area contributed by atoms with E-state index in [2.05, 4.69) is 10.5 Å². The molecule has 0 unspecified atom stereocenters. The van der Waals surface area contributed by atoms with E-state index >= 15 is 0 Å². The Hall–Kier alpha value is -3.22. The number of hydrazone groups is 1. The van der Waals surface area contributed by atoms with E-state index in [4.69, 9.17) is 9.47 Å². The zero-order chi connectivity index (χ0) is 17.5. The van der Waals surface area contributed by atoms with Gasteiger partial charge in [0, 0.05) is 5.56 Å². The van der Waals surface area contributed by atoms with Crippen molar-refractivity contribution in [3.05, 3.63) is 47.5 Å². The number of rotatable bonds is 6. The molecule has 1 amide bonds. The van der Waals surface area contributed by atoms with Crippen molar-refractivity contribution in [2.45, 2.75) is 6.92 Å². The number of ether oxygens (including phenoxy) is 2. The first-order chi connectivity index (χ1) is 11.5. The third-order valence-electron chi connectivity index (χ3n) is 3.11. The summed E-state index contributed by atoms with van der Waals surface area (Å²) in [5.74, 6) is 0.0789. The van der Waals surface area contributed by atoms with Crippen molar-refractivity contribution in [1.29, 1.82) is 0 Å². The fraction of sp³-hybridized carbons (Fsp3) is 0.176. The topological polar surface area (TPSA) is 100 Å². The van der Waals surface area contributed by atoms with Gasteiger partial charge in [-0.3, -0.25) is 4.79 Å². The quantitative estimate of drug-likeness (QED) is 0.557. The van der Waals surface area contributed by atoms with Gasteiger partial charge in [-0.2, -0.15) is 5.10 Å². The van der Waals surface area contributed by atoms with Gasteiger partial charge in [-0.25, -0.2) is 5.43 Å². The molecule has 126 valence electrons. The van der Waals surface area contributed by atoms with Crippen LogP contribution in [0.25, 0.3) is 0 Å². The molecule has 0 bridgehead atoms. The second kappa shape index (κ2) is 7.87. The van der Waals surface area contributed by atoms with Gasteiger partial charge in [0.2, 0.25) is 0 Å². The number of benzene rings is 2. The van der Waals surface area contributed by atoms with Crippen molar-refractivity contribution in [2.75, 3.05) is 13.7 Å².